The third-order valence-corrected chi connectivity index (χ3v) is 6.40. The minimum absolute atomic E-state index is 0.0357. The first kappa shape index (κ1) is 23.9. The summed E-state index contributed by atoms with van der Waals surface area (Å²) >= 11 is 0. The average molecular weight is 462 g/mol. The number of ether oxygens (including phenoxy) is 2. The molecule has 2 aromatic carbocycles. The fourth-order valence-electron chi connectivity index (χ4n) is 4.33. The van der Waals surface area contributed by atoms with E-state index in [4.69, 9.17) is 9.47 Å². The van der Waals surface area contributed by atoms with Crippen LogP contribution in [0.5, 0.6) is 11.5 Å². The van der Waals surface area contributed by atoms with Gasteiger partial charge in [0.15, 0.2) is 0 Å². The number of benzene rings is 2. The number of nitrogens with zero attached hydrogens (tertiary/aromatic N) is 3. The van der Waals surface area contributed by atoms with Crippen LogP contribution in [-0.4, -0.2) is 40.1 Å². The number of amides is 1. The Morgan fingerprint density at radius 2 is 1.94 bits per heavy atom. The maximum atomic E-state index is 13.7. The van der Waals surface area contributed by atoms with Gasteiger partial charge in [0.1, 0.15) is 11.5 Å². The highest BCUT2D eigenvalue weighted by atomic mass is 16.5. The normalized spacial score (nSPS) is 13.3. The van der Waals surface area contributed by atoms with E-state index in [1.54, 1.807) is 13.4 Å². The van der Waals surface area contributed by atoms with Crippen molar-refractivity contribution in [2.45, 2.75) is 66.0 Å². The van der Waals surface area contributed by atoms with E-state index in [2.05, 4.69) is 37.9 Å². The summed E-state index contributed by atoms with van der Waals surface area (Å²) < 4.78 is 13.4. The van der Waals surface area contributed by atoms with Gasteiger partial charge in [-0.15, -0.1) is 0 Å². The van der Waals surface area contributed by atoms with Gasteiger partial charge >= 0.3 is 0 Å². The highest BCUT2D eigenvalue weighted by molar-refractivity contribution is 5.95. The van der Waals surface area contributed by atoms with Crippen LogP contribution in [0.25, 0.3) is 5.69 Å². The molecule has 0 spiro atoms. The van der Waals surface area contributed by atoms with Gasteiger partial charge in [-0.1, -0.05) is 13.8 Å². The van der Waals surface area contributed by atoms with Gasteiger partial charge in [-0.3, -0.25) is 4.79 Å². The Balaban J connectivity index is 1.64. The maximum Gasteiger partial charge on any atom is 0.254 e. The minimum atomic E-state index is 0.0357. The minimum Gasteiger partial charge on any atom is -0.495 e. The zero-order chi connectivity index (χ0) is 24.4. The molecule has 0 saturated heterocycles. The second-order valence-corrected chi connectivity index (χ2v) is 9.38. The van der Waals surface area contributed by atoms with Crippen molar-refractivity contribution in [1.82, 2.24) is 14.5 Å². The van der Waals surface area contributed by atoms with Crippen LogP contribution in [-0.2, 0) is 6.54 Å². The third kappa shape index (κ3) is 4.96. The first-order chi connectivity index (χ1) is 16.3. The van der Waals surface area contributed by atoms with Gasteiger partial charge in [-0.25, -0.2) is 4.98 Å². The average Bonchev–Trinajstić information content (AvgIpc) is 3.57. The first-order valence-corrected chi connectivity index (χ1v) is 12.1. The highest BCUT2D eigenvalue weighted by Gasteiger charge is 2.34. The molecule has 0 radical (unpaired) electrons. The fourth-order valence-corrected chi connectivity index (χ4v) is 4.33. The molecule has 1 amide bonds. The predicted octanol–water partition coefficient (Wildman–Crippen LogP) is 5.82. The summed E-state index contributed by atoms with van der Waals surface area (Å²) in [4.78, 5) is 20.0. The maximum absolute atomic E-state index is 13.7. The Morgan fingerprint density at radius 1 is 1.18 bits per heavy atom. The van der Waals surface area contributed by atoms with Gasteiger partial charge in [0.25, 0.3) is 5.91 Å². The fraction of sp³-hybridized carbons (Fsp3) is 0.429. The number of aromatic nitrogens is 2. The Bertz CT molecular complexity index is 1180. The Morgan fingerprint density at radius 3 is 2.53 bits per heavy atom. The molecule has 0 unspecified atom stereocenters. The van der Waals surface area contributed by atoms with Crippen LogP contribution in [0.15, 0.2) is 42.9 Å². The van der Waals surface area contributed by atoms with Crippen LogP contribution in [0.1, 0.15) is 72.3 Å². The third-order valence-electron chi connectivity index (χ3n) is 6.40. The molecule has 1 heterocycles. The monoisotopic (exact) mass is 461 g/mol. The molecule has 180 valence electrons. The molecular formula is C28H35N3O3. The van der Waals surface area contributed by atoms with Gasteiger partial charge in [0.05, 0.1) is 31.4 Å². The molecule has 0 bridgehead atoms. The van der Waals surface area contributed by atoms with Crippen LogP contribution in [0, 0.1) is 13.8 Å². The molecule has 6 heteroatoms. The number of carbonyl (C=O) groups is 1. The molecule has 3 aromatic rings. The van der Waals surface area contributed by atoms with Gasteiger partial charge in [0.2, 0.25) is 0 Å². The number of methoxy groups -OCH3 is 1. The van der Waals surface area contributed by atoms with E-state index in [1.807, 2.05) is 47.7 Å². The van der Waals surface area contributed by atoms with Gasteiger partial charge in [0, 0.05) is 24.3 Å². The van der Waals surface area contributed by atoms with Gasteiger partial charge < -0.3 is 18.9 Å². The molecule has 34 heavy (non-hydrogen) atoms. The lowest BCUT2D eigenvalue weighted by Crippen LogP contribution is -2.33. The molecule has 1 saturated carbocycles. The van der Waals surface area contributed by atoms with E-state index in [0.717, 1.165) is 35.5 Å². The highest BCUT2D eigenvalue weighted by Crippen LogP contribution is 2.35. The Kier molecular flexibility index (Phi) is 6.96. The summed E-state index contributed by atoms with van der Waals surface area (Å²) in [5.74, 6) is 1.97. The number of imidazole rings is 1. The molecule has 1 aromatic heterocycles. The second kappa shape index (κ2) is 9.92. The molecule has 0 N–H and O–H groups in total. The molecule has 1 aliphatic carbocycles. The van der Waals surface area contributed by atoms with E-state index in [1.165, 1.54) is 11.1 Å². The van der Waals surface area contributed by atoms with Gasteiger partial charge in [-0.05, 0) is 86.6 Å². The molecule has 0 atom stereocenters. The molecule has 6 nitrogen and oxygen atoms in total. The molecule has 1 fully saturated rings. The quantitative estimate of drug-likeness (QED) is 0.403. The van der Waals surface area contributed by atoms with Crippen LogP contribution in [0.3, 0.4) is 0 Å². The number of carbonyl (C=O) groups excluding carboxylic acids is 1. The van der Waals surface area contributed by atoms with E-state index in [9.17, 15) is 4.79 Å². The largest absolute Gasteiger partial charge is 0.495 e. The zero-order valence-corrected chi connectivity index (χ0v) is 21.1. The lowest BCUT2D eigenvalue weighted by molar-refractivity contribution is 0.0729. The van der Waals surface area contributed by atoms with Crippen molar-refractivity contribution in [3.8, 4) is 17.2 Å². The van der Waals surface area contributed by atoms with Crippen LogP contribution >= 0.6 is 0 Å². The van der Waals surface area contributed by atoms with E-state index >= 15 is 0 Å². The lowest BCUT2D eigenvalue weighted by atomic mass is 9.96. The lowest BCUT2D eigenvalue weighted by Gasteiger charge is -2.25. The van der Waals surface area contributed by atoms with Crippen LogP contribution in [0.2, 0.25) is 0 Å². The first-order valence-electron chi connectivity index (χ1n) is 12.1. The summed E-state index contributed by atoms with van der Waals surface area (Å²) in [5.41, 5.74) is 5.93. The zero-order valence-electron chi connectivity index (χ0n) is 21.1. The van der Waals surface area contributed by atoms with E-state index < -0.39 is 0 Å². The number of hydrogen-bond acceptors (Lipinski definition) is 4. The predicted molar refractivity (Wildman–Crippen MR) is 134 cm³/mol. The van der Waals surface area contributed by atoms with Crippen LogP contribution in [0.4, 0.5) is 0 Å². The smallest absolute Gasteiger partial charge is 0.254 e. The molecule has 0 aliphatic heterocycles. The van der Waals surface area contributed by atoms with Crippen molar-refractivity contribution in [3.05, 3.63) is 70.8 Å². The molecular weight excluding hydrogens is 426 g/mol. The summed E-state index contributed by atoms with van der Waals surface area (Å²) in [6.07, 6.45) is 5.79. The summed E-state index contributed by atoms with van der Waals surface area (Å²) in [5, 5.41) is 0. The van der Waals surface area contributed by atoms with Crippen molar-refractivity contribution in [2.75, 3.05) is 13.7 Å². The van der Waals surface area contributed by atoms with E-state index in [0.29, 0.717) is 30.4 Å². The Hall–Kier alpha value is -3.28. The van der Waals surface area contributed by atoms with Crippen molar-refractivity contribution < 1.29 is 14.3 Å². The van der Waals surface area contributed by atoms with E-state index in [-0.39, 0.29) is 11.9 Å². The summed E-state index contributed by atoms with van der Waals surface area (Å²) in [6.45, 7) is 11.6. The SMILES string of the molecule is CCOc1cc(C)c(CN(C(=O)c2ccc(-n3cnc(C)c3)c(OC)c2)C2CC2)cc1C(C)C. The van der Waals surface area contributed by atoms with Crippen molar-refractivity contribution in [3.63, 3.8) is 0 Å². The van der Waals surface area contributed by atoms with Crippen molar-refractivity contribution in [2.24, 2.45) is 0 Å². The molecule has 4 rings (SSSR count). The number of aryl methyl sites for hydroxylation is 2. The topological polar surface area (TPSA) is 56.6 Å². The summed E-state index contributed by atoms with van der Waals surface area (Å²) in [7, 11) is 1.63. The number of hydrogen-bond donors (Lipinski definition) is 0. The number of rotatable bonds is 9. The van der Waals surface area contributed by atoms with Gasteiger partial charge in [-0.2, -0.15) is 0 Å². The van der Waals surface area contributed by atoms with Crippen molar-refractivity contribution in [1.29, 1.82) is 0 Å². The standard InChI is InChI=1S/C28H35N3O3/c1-7-34-26-12-19(4)22(13-24(26)18(2)3)16-31(23-9-10-23)28(32)21-8-11-25(27(14-21)33-6)30-15-20(5)29-17-30/h8,11-15,17-18,23H,7,9-10,16H2,1-6H3. The Labute approximate surface area is 202 Å². The van der Waals surface area contributed by atoms with Crippen LogP contribution < -0.4 is 9.47 Å². The molecule has 1 aliphatic rings. The second-order valence-electron chi connectivity index (χ2n) is 9.38. The van der Waals surface area contributed by atoms with Crippen molar-refractivity contribution >= 4 is 5.91 Å². The summed E-state index contributed by atoms with van der Waals surface area (Å²) in [6, 6.07) is 10.3.